The van der Waals surface area contributed by atoms with Crippen LogP contribution in [0.2, 0.25) is 0 Å². The molecule has 0 bridgehead atoms. The lowest BCUT2D eigenvalue weighted by molar-refractivity contribution is -0.117. The van der Waals surface area contributed by atoms with Crippen molar-refractivity contribution in [1.29, 1.82) is 0 Å². The van der Waals surface area contributed by atoms with Gasteiger partial charge in [-0.25, -0.2) is 0 Å². The number of carbonyl (C=O) groups is 1. The summed E-state index contributed by atoms with van der Waals surface area (Å²) in [5.74, 6) is -0.0555. The van der Waals surface area contributed by atoms with E-state index in [2.05, 4.69) is 45.3 Å². The summed E-state index contributed by atoms with van der Waals surface area (Å²) in [6.07, 6.45) is 0. The Hall–Kier alpha value is -2.31. The van der Waals surface area contributed by atoms with E-state index in [0.29, 0.717) is 12.2 Å². The third-order valence-corrected chi connectivity index (χ3v) is 4.09. The fourth-order valence-electron chi connectivity index (χ4n) is 2.40. The highest BCUT2D eigenvalue weighted by atomic mass is 32.1. The van der Waals surface area contributed by atoms with Gasteiger partial charge in [0.25, 0.3) is 0 Å². The summed E-state index contributed by atoms with van der Waals surface area (Å²) < 4.78 is 8.41. The summed E-state index contributed by atoms with van der Waals surface area (Å²) in [6, 6.07) is 13.9. The van der Waals surface area contributed by atoms with Gasteiger partial charge in [-0.3, -0.25) is 9.69 Å². The quantitative estimate of drug-likeness (QED) is 0.783. The molecule has 1 N–H and O–H groups in total. The van der Waals surface area contributed by atoms with Gasteiger partial charge in [0.15, 0.2) is 0 Å². The summed E-state index contributed by atoms with van der Waals surface area (Å²) in [7, 11) is 1.93. The van der Waals surface area contributed by atoms with Crippen LogP contribution in [0.15, 0.2) is 42.5 Å². The van der Waals surface area contributed by atoms with E-state index < -0.39 is 0 Å². The molecule has 0 radical (unpaired) electrons. The number of nitrogens with zero attached hydrogens (tertiary/aromatic N) is 3. The second-order valence-corrected chi connectivity index (χ2v) is 6.17. The average molecular weight is 326 g/mol. The fourth-order valence-corrected chi connectivity index (χ4v) is 2.95. The number of carbonyl (C=O) groups excluding carboxylic acids is 1. The molecule has 23 heavy (non-hydrogen) atoms. The van der Waals surface area contributed by atoms with Gasteiger partial charge in [0.05, 0.1) is 24.0 Å². The predicted octanol–water partition coefficient (Wildman–Crippen LogP) is 3.07. The molecule has 3 aromatic rings. The number of aryl methyl sites for hydroxylation is 1. The minimum absolute atomic E-state index is 0.0555. The SMILES string of the molecule is Cc1ccc(CN(C)CC(=O)Nc2cccc3nsnc23)cc1. The number of rotatable bonds is 5. The number of hydrogen-bond acceptors (Lipinski definition) is 5. The first-order chi connectivity index (χ1) is 11.1. The number of anilines is 1. The zero-order chi connectivity index (χ0) is 16.2. The lowest BCUT2D eigenvalue weighted by Gasteiger charge is -2.16. The van der Waals surface area contributed by atoms with Crippen LogP contribution in [0.3, 0.4) is 0 Å². The molecule has 0 fully saturated rings. The van der Waals surface area contributed by atoms with Crippen LogP contribution in [0.1, 0.15) is 11.1 Å². The Kier molecular flexibility index (Phi) is 4.64. The van der Waals surface area contributed by atoms with Crippen LogP contribution in [-0.2, 0) is 11.3 Å². The molecule has 5 nitrogen and oxygen atoms in total. The van der Waals surface area contributed by atoms with Crippen LogP contribution >= 0.6 is 11.7 Å². The molecule has 0 aliphatic carbocycles. The van der Waals surface area contributed by atoms with Crippen molar-refractivity contribution in [1.82, 2.24) is 13.6 Å². The van der Waals surface area contributed by atoms with Crippen LogP contribution in [0, 0.1) is 6.92 Å². The van der Waals surface area contributed by atoms with E-state index in [0.717, 1.165) is 29.3 Å². The van der Waals surface area contributed by atoms with Crippen LogP contribution in [0.5, 0.6) is 0 Å². The van der Waals surface area contributed by atoms with Gasteiger partial charge >= 0.3 is 0 Å². The Bertz CT molecular complexity index is 813. The molecule has 0 spiro atoms. The highest BCUT2D eigenvalue weighted by Crippen LogP contribution is 2.21. The van der Waals surface area contributed by atoms with Crippen molar-refractivity contribution in [2.75, 3.05) is 18.9 Å². The third kappa shape index (κ3) is 3.91. The molecule has 6 heteroatoms. The third-order valence-electron chi connectivity index (χ3n) is 3.55. The molecule has 0 aliphatic rings. The number of benzene rings is 2. The highest BCUT2D eigenvalue weighted by Gasteiger charge is 2.11. The van der Waals surface area contributed by atoms with Crippen molar-refractivity contribution in [2.45, 2.75) is 13.5 Å². The average Bonchev–Trinajstić information content (AvgIpc) is 2.99. The standard InChI is InChI=1S/C17H18N4OS/c1-12-6-8-13(9-7-12)10-21(2)11-16(22)18-14-4-3-5-15-17(14)20-23-19-15/h3-9H,10-11H2,1-2H3,(H,18,22). The number of hydrogen-bond donors (Lipinski definition) is 1. The van der Waals surface area contributed by atoms with E-state index in [-0.39, 0.29) is 5.91 Å². The first-order valence-electron chi connectivity index (χ1n) is 7.37. The first-order valence-corrected chi connectivity index (χ1v) is 8.10. The molecular weight excluding hydrogens is 308 g/mol. The van der Waals surface area contributed by atoms with Gasteiger partial charge in [0.1, 0.15) is 11.0 Å². The van der Waals surface area contributed by atoms with Gasteiger partial charge in [-0.15, -0.1) is 0 Å². The molecule has 2 aromatic carbocycles. The molecule has 0 unspecified atom stereocenters. The van der Waals surface area contributed by atoms with Crippen molar-refractivity contribution >= 4 is 34.4 Å². The molecule has 118 valence electrons. The van der Waals surface area contributed by atoms with Crippen molar-refractivity contribution in [2.24, 2.45) is 0 Å². The highest BCUT2D eigenvalue weighted by molar-refractivity contribution is 7.00. The van der Waals surface area contributed by atoms with Crippen LogP contribution in [0.4, 0.5) is 5.69 Å². The maximum absolute atomic E-state index is 12.2. The summed E-state index contributed by atoms with van der Waals surface area (Å²) in [5, 5.41) is 2.92. The Morgan fingerprint density at radius 1 is 1.17 bits per heavy atom. The Labute approximate surface area is 139 Å². The predicted molar refractivity (Wildman–Crippen MR) is 93.6 cm³/mol. The van der Waals surface area contributed by atoms with Crippen molar-refractivity contribution < 1.29 is 4.79 Å². The second-order valence-electron chi connectivity index (χ2n) is 5.64. The Morgan fingerprint density at radius 3 is 2.74 bits per heavy atom. The molecule has 0 saturated carbocycles. The molecule has 0 saturated heterocycles. The Balaban J connectivity index is 1.60. The van der Waals surface area contributed by atoms with E-state index >= 15 is 0 Å². The van der Waals surface area contributed by atoms with E-state index in [1.165, 1.54) is 11.1 Å². The summed E-state index contributed by atoms with van der Waals surface area (Å²) >= 11 is 1.15. The number of aromatic nitrogens is 2. The summed E-state index contributed by atoms with van der Waals surface area (Å²) in [6.45, 7) is 3.12. The first kappa shape index (κ1) is 15.6. The van der Waals surface area contributed by atoms with Gasteiger partial charge in [0, 0.05) is 6.54 Å². The van der Waals surface area contributed by atoms with Gasteiger partial charge < -0.3 is 5.32 Å². The maximum Gasteiger partial charge on any atom is 0.238 e. The minimum Gasteiger partial charge on any atom is -0.323 e. The van der Waals surface area contributed by atoms with Gasteiger partial charge in [-0.05, 0) is 31.7 Å². The minimum atomic E-state index is -0.0555. The summed E-state index contributed by atoms with van der Waals surface area (Å²) in [4.78, 5) is 14.2. The van der Waals surface area contributed by atoms with Crippen LogP contribution in [-0.4, -0.2) is 33.1 Å². The molecule has 3 rings (SSSR count). The lowest BCUT2D eigenvalue weighted by Crippen LogP contribution is -2.29. The van der Waals surface area contributed by atoms with Crippen LogP contribution < -0.4 is 5.32 Å². The van der Waals surface area contributed by atoms with E-state index in [1.54, 1.807) is 0 Å². The van der Waals surface area contributed by atoms with Crippen molar-refractivity contribution in [3.63, 3.8) is 0 Å². The lowest BCUT2D eigenvalue weighted by atomic mass is 10.1. The topological polar surface area (TPSA) is 58.1 Å². The summed E-state index contributed by atoms with van der Waals surface area (Å²) in [5.41, 5.74) is 4.69. The number of likely N-dealkylation sites (N-methyl/N-ethyl adjacent to an activating group) is 1. The van der Waals surface area contributed by atoms with E-state index in [9.17, 15) is 4.79 Å². The van der Waals surface area contributed by atoms with Gasteiger partial charge in [0.2, 0.25) is 5.91 Å². The molecule has 0 aliphatic heterocycles. The molecule has 1 aromatic heterocycles. The van der Waals surface area contributed by atoms with Crippen LogP contribution in [0.25, 0.3) is 11.0 Å². The molecule has 0 atom stereocenters. The zero-order valence-corrected chi connectivity index (χ0v) is 13.9. The zero-order valence-electron chi connectivity index (χ0n) is 13.1. The van der Waals surface area contributed by atoms with Gasteiger partial charge in [-0.1, -0.05) is 35.9 Å². The normalized spacial score (nSPS) is 11.1. The largest absolute Gasteiger partial charge is 0.323 e. The second kappa shape index (κ2) is 6.85. The molecule has 1 heterocycles. The molecular formula is C17H18N4OS. The number of nitrogens with one attached hydrogen (secondary N) is 1. The van der Waals surface area contributed by atoms with E-state index in [1.807, 2.05) is 30.1 Å². The maximum atomic E-state index is 12.2. The Morgan fingerprint density at radius 2 is 1.96 bits per heavy atom. The fraction of sp³-hybridized carbons (Fsp3) is 0.235. The smallest absolute Gasteiger partial charge is 0.238 e. The molecule has 1 amide bonds. The number of fused-ring (bicyclic) bond motifs is 1. The van der Waals surface area contributed by atoms with Crippen molar-refractivity contribution in [3.05, 3.63) is 53.6 Å². The van der Waals surface area contributed by atoms with Gasteiger partial charge in [-0.2, -0.15) is 8.75 Å². The monoisotopic (exact) mass is 326 g/mol. The number of amides is 1. The van der Waals surface area contributed by atoms with E-state index in [4.69, 9.17) is 0 Å². The van der Waals surface area contributed by atoms with Crippen molar-refractivity contribution in [3.8, 4) is 0 Å².